The second kappa shape index (κ2) is 8.89. The Kier molecular flexibility index (Phi) is 6.06. The van der Waals surface area contributed by atoms with Crippen LogP contribution >= 0.6 is 0 Å². The second-order valence-corrected chi connectivity index (χ2v) is 7.96. The first-order chi connectivity index (χ1) is 14.5. The average Bonchev–Trinajstić information content (AvgIpc) is 3.08. The van der Waals surface area contributed by atoms with Gasteiger partial charge in [-0.1, -0.05) is 6.07 Å². The molecule has 0 amide bonds. The molecule has 0 saturated carbocycles. The van der Waals surface area contributed by atoms with E-state index in [2.05, 4.69) is 37.1 Å². The van der Waals surface area contributed by atoms with Crippen LogP contribution in [0.3, 0.4) is 0 Å². The topological polar surface area (TPSA) is 79.7 Å². The highest BCUT2D eigenvalue weighted by molar-refractivity contribution is 5.56. The molecule has 1 fully saturated rings. The van der Waals surface area contributed by atoms with Gasteiger partial charge in [0.15, 0.2) is 11.6 Å². The van der Waals surface area contributed by atoms with E-state index < -0.39 is 5.82 Å². The Hall–Kier alpha value is -2.84. The minimum absolute atomic E-state index is 0.132. The fourth-order valence-electron chi connectivity index (χ4n) is 3.81. The molecule has 158 valence electrons. The predicted octanol–water partition coefficient (Wildman–Crippen LogP) is 3.31. The van der Waals surface area contributed by atoms with Crippen molar-refractivity contribution in [1.29, 1.82) is 0 Å². The van der Waals surface area contributed by atoms with Crippen molar-refractivity contribution in [1.82, 2.24) is 30.4 Å². The molecule has 7 nitrogen and oxygen atoms in total. The normalized spacial score (nSPS) is 14.8. The Bertz CT molecular complexity index is 1000. The number of halogens is 1. The van der Waals surface area contributed by atoms with Gasteiger partial charge in [0.25, 0.3) is 0 Å². The highest BCUT2D eigenvalue weighted by Crippen LogP contribution is 2.20. The fraction of sp³-hybridized carbons (Fsp3) is 0.409. The summed E-state index contributed by atoms with van der Waals surface area (Å²) in [4.78, 5) is 8.47. The van der Waals surface area contributed by atoms with Gasteiger partial charge in [0.1, 0.15) is 0 Å². The monoisotopic (exact) mass is 409 g/mol. The Morgan fingerprint density at radius 2 is 1.87 bits per heavy atom. The van der Waals surface area contributed by atoms with Crippen molar-refractivity contribution in [3.8, 4) is 5.82 Å². The van der Waals surface area contributed by atoms with Crippen LogP contribution in [0.2, 0.25) is 0 Å². The van der Waals surface area contributed by atoms with Gasteiger partial charge in [0.05, 0.1) is 11.9 Å². The van der Waals surface area contributed by atoms with Crippen LogP contribution in [0.4, 0.5) is 16.0 Å². The van der Waals surface area contributed by atoms with Crippen molar-refractivity contribution in [3.63, 3.8) is 0 Å². The third-order valence-electron chi connectivity index (χ3n) is 5.34. The fourth-order valence-corrected chi connectivity index (χ4v) is 3.81. The molecule has 0 atom stereocenters. The first kappa shape index (κ1) is 20.4. The van der Waals surface area contributed by atoms with Gasteiger partial charge in [-0.25, -0.2) is 14.1 Å². The number of hydrogen-bond donors (Lipinski definition) is 3. The number of aryl methyl sites for hydroxylation is 3. The second-order valence-electron chi connectivity index (χ2n) is 7.96. The number of nitrogens with zero attached hydrogens (tertiary/aromatic N) is 4. The molecule has 30 heavy (non-hydrogen) atoms. The summed E-state index contributed by atoms with van der Waals surface area (Å²) in [5.74, 6) is -0.0478. The lowest BCUT2D eigenvalue weighted by Gasteiger charge is -2.23. The van der Waals surface area contributed by atoms with Crippen molar-refractivity contribution in [2.45, 2.75) is 46.2 Å². The maximum absolute atomic E-state index is 14.5. The number of piperidine rings is 1. The number of anilines is 2. The molecule has 0 radical (unpaired) electrons. The van der Waals surface area contributed by atoms with Gasteiger partial charge in [0, 0.05) is 30.0 Å². The highest BCUT2D eigenvalue weighted by Gasteiger charge is 2.16. The Labute approximate surface area is 176 Å². The van der Waals surface area contributed by atoms with E-state index in [0.29, 0.717) is 18.5 Å². The van der Waals surface area contributed by atoms with Gasteiger partial charge in [-0.3, -0.25) is 0 Å². The molecular weight excluding hydrogens is 381 g/mol. The molecule has 1 aromatic carbocycles. The lowest BCUT2D eigenvalue weighted by atomic mass is 10.1. The van der Waals surface area contributed by atoms with Crippen LogP contribution in [0.25, 0.3) is 5.82 Å². The Morgan fingerprint density at radius 1 is 1.13 bits per heavy atom. The molecule has 2 aromatic heterocycles. The van der Waals surface area contributed by atoms with Crippen LogP contribution in [0, 0.1) is 26.6 Å². The van der Waals surface area contributed by atoms with Crippen molar-refractivity contribution >= 4 is 11.6 Å². The first-order valence-corrected chi connectivity index (χ1v) is 10.4. The molecular formula is C22H28FN7. The van der Waals surface area contributed by atoms with Crippen molar-refractivity contribution in [2.75, 3.05) is 18.4 Å². The average molecular weight is 410 g/mol. The third kappa shape index (κ3) is 4.83. The van der Waals surface area contributed by atoms with Crippen molar-refractivity contribution < 1.29 is 4.39 Å². The molecule has 0 bridgehead atoms. The zero-order chi connectivity index (χ0) is 21.1. The largest absolute Gasteiger partial charge is 0.324 e. The Morgan fingerprint density at radius 3 is 2.60 bits per heavy atom. The molecule has 1 aliphatic rings. The zero-order valence-corrected chi connectivity index (χ0v) is 17.7. The van der Waals surface area contributed by atoms with Crippen LogP contribution in [0.15, 0.2) is 30.6 Å². The quantitative estimate of drug-likeness (QED) is 0.580. The van der Waals surface area contributed by atoms with E-state index >= 15 is 0 Å². The SMILES string of the molecule is Cc1cc(C)cc(Nc2ncc(F)c(-n3cc(CNC4CCNCC4)c(C)n3)n2)c1. The standard InChI is InChI=1S/C22H28FN7/c1-14-8-15(2)10-19(9-14)27-22-26-12-20(23)21(28-22)30-13-17(16(3)29-30)11-25-18-4-6-24-7-5-18/h8-10,12-13,18,24-25H,4-7,11H2,1-3H3,(H,26,27,28). The molecule has 0 aliphatic carbocycles. The molecule has 3 aromatic rings. The van der Waals surface area contributed by atoms with Crippen LogP contribution in [-0.4, -0.2) is 38.9 Å². The predicted molar refractivity (Wildman–Crippen MR) is 116 cm³/mol. The summed E-state index contributed by atoms with van der Waals surface area (Å²) in [7, 11) is 0. The third-order valence-corrected chi connectivity index (χ3v) is 5.34. The summed E-state index contributed by atoms with van der Waals surface area (Å²) in [5, 5.41) is 14.6. The van der Waals surface area contributed by atoms with E-state index in [1.54, 1.807) is 0 Å². The lowest BCUT2D eigenvalue weighted by Crippen LogP contribution is -2.39. The molecule has 1 saturated heterocycles. The van der Waals surface area contributed by atoms with Gasteiger partial charge in [-0.15, -0.1) is 0 Å². The van der Waals surface area contributed by atoms with E-state index in [0.717, 1.165) is 54.0 Å². The molecule has 0 unspecified atom stereocenters. The maximum atomic E-state index is 14.5. The summed E-state index contributed by atoms with van der Waals surface area (Å²) < 4.78 is 16.0. The molecule has 3 N–H and O–H groups in total. The zero-order valence-electron chi connectivity index (χ0n) is 17.7. The van der Waals surface area contributed by atoms with Gasteiger partial charge in [-0.2, -0.15) is 10.1 Å². The van der Waals surface area contributed by atoms with Crippen LogP contribution < -0.4 is 16.0 Å². The first-order valence-electron chi connectivity index (χ1n) is 10.4. The Balaban J connectivity index is 1.52. The number of aromatic nitrogens is 4. The molecule has 0 spiro atoms. The molecule has 3 heterocycles. The van der Waals surface area contributed by atoms with E-state index in [1.165, 1.54) is 10.9 Å². The molecule has 4 rings (SSSR count). The van der Waals surface area contributed by atoms with Gasteiger partial charge in [-0.05, 0) is 70.0 Å². The summed E-state index contributed by atoms with van der Waals surface area (Å²) in [6.07, 6.45) is 5.25. The van der Waals surface area contributed by atoms with E-state index in [-0.39, 0.29) is 5.82 Å². The van der Waals surface area contributed by atoms with E-state index in [9.17, 15) is 4.39 Å². The highest BCUT2D eigenvalue weighted by atomic mass is 19.1. The summed E-state index contributed by atoms with van der Waals surface area (Å²) in [6, 6.07) is 6.59. The van der Waals surface area contributed by atoms with Crippen LogP contribution in [0.5, 0.6) is 0 Å². The molecule has 8 heteroatoms. The number of benzene rings is 1. The number of nitrogens with one attached hydrogen (secondary N) is 3. The van der Waals surface area contributed by atoms with Crippen molar-refractivity contribution in [2.24, 2.45) is 0 Å². The van der Waals surface area contributed by atoms with Crippen LogP contribution in [0.1, 0.15) is 35.2 Å². The summed E-state index contributed by atoms with van der Waals surface area (Å²) >= 11 is 0. The molecule has 1 aliphatic heterocycles. The lowest BCUT2D eigenvalue weighted by molar-refractivity contribution is 0.386. The maximum Gasteiger partial charge on any atom is 0.229 e. The summed E-state index contributed by atoms with van der Waals surface area (Å²) in [6.45, 7) is 8.78. The van der Waals surface area contributed by atoms with Crippen molar-refractivity contribution in [3.05, 3.63) is 58.8 Å². The van der Waals surface area contributed by atoms with Gasteiger partial charge < -0.3 is 16.0 Å². The minimum atomic E-state index is -0.513. The number of rotatable bonds is 6. The van der Waals surface area contributed by atoms with Gasteiger partial charge in [0.2, 0.25) is 5.95 Å². The minimum Gasteiger partial charge on any atom is -0.324 e. The smallest absolute Gasteiger partial charge is 0.229 e. The number of hydrogen-bond acceptors (Lipinski definition) is 6. The van der Waals surface area contributed by atoms with Gasteiger partial charge >= 0.3 is 0 Å². The van der Waals surface area contributed by atoms with Crippen LogP contribution in [-0.2, 0) is 6.54 Å². The van der Waals surface area contributed by atoms with E-state index in [1.807, 2.05) is 39.1 Å². The van der Waals surface area contributed by atoms with E-state index in [4.69, 9.17) is 0 Å². The summed E-state index contributed by atoms with van der Waals surface area (Å²) in [5.41, 5.74) is 5.03.